The molecular weight excluding hydrogens is 452 g/mol. The van der Waals surface area contributed by atoms with E-state index in [0.717, 1.165) is 16.7 Å². The summed E-state index contributed by atoms with van der Waals surface area (Å²) >= 11 is 5.98. The molecule has 0 aliphatic carbocycles. The number of benzene rings is 3. The summed E-state index contributed by atoms with van der Waals surface area (Å²) in [6, 6.07) is 19.8. The number of hydrogen-bond donors (Lipinski definition) is 2. The molecule has 2 N–H and O–H groups in total. The third kappa shape index (κ3) is 3.97. The van der Waals surface area contributed by atoms with Gasteiger partial charge < -0.3 is 15.1 Å². The second-order valence-corrected chi connectivity index (χ2v) is 8.77. The fourth-order valence-corrected chi connectivity index (χ4v) is 4.60. The number of carbonyl (C=O) groups excluding carboxylic acids is 1. The number of carbonyl (C=O) groups is 2. The van der Waals surface area contributed by atoms with Crippen LogP contribution in [0.5, 0.6) is 5.75 Å². The molecule has 0 unspecified atom stereocenters. The third-order valence-corrected chi connectivity index (χ3v) is 6.46. The molecule has 34 heavy (non-hydrogen) atoms. The molecule has 0 atom stereocenters. The van der Waals surface area contributed by atoms with E-state index in [0.29, 0.717) is 41.0 Å². The van der Waals surface area contributed by atoms with Crippen molar-refractivity contribution in [2.45, 2.75) is 19.4 Å². The molecule has 1 amide bonds. The van der Waals surface area contributed by atoms with Crippen LogP contribution in [0.3, 0.4) is 0 Å². The molecule has 0 bridgehead atoms. The second-order valence-electron chi connectivity index (χ2n) is 8.33. The smallest absolute Gasteiger partial charge is 0.340 e. The quantitative estimate of drug-likeness (QED) is 0.432. The summed E-state index contributed by atoms with van der Waals surface area (Å²) in [6.07, 6.45) is 0.886. The number of nitrogens with zero attached hydrogens (tertiary/aromatic N) is 2. The summed E-state index contributed by atoms with van der Waals surface area (Å²) < 4.78 is 0. The SMILES string of the molecule is O=C(O)c1c(O)c(Cc2ccc(Cl)cc2)nc2c3c(ccc12)CCN(C(=O)c1ccccc1)C3. The van der Waals surface area contributed by atoms with Crippen molar-refractivity contribution in [3.63, 3.8) is 0 Å². The first-order valence-electron chi connectivity index (χ1n) is 10.9. The first kappa shape index (κ1) is 21.9. The monoisotopic (exact) mass is 472 g/mol. The van der Waals surface area contributed by atoms with Crippen molar-refractivity contribution >= 4 is 34.4 Å². The van der Waals surface area contributed by atoms with Gasteiger partial charge in [0.05, 0.1) is 11.2 Å². The first-order chi connectivity index (χ1) is 16.4. The van der Waals surface area contributed by atoms with Crippen LogP contribution >= 0.6 is 11.6 Å². The number of aromatic carboxylic acids is 1. The van der Waals surface area contributed by atoms with Crippen LogP contribution < -0.4 is 0 Å². The van der Waals surface area contributed by atoms with E-state index in [4.69, 9.17) is 16.6 Å². The molecule has 7 heteroatoms. The maximum absolute atomic E-state index is 13.1. The molecule has 5 rings (SSSR count). The number of aromatic nitrogens is 1. The molecule has 0 saturated heterocycles. The normalized spacial score (nSPS) is 13.0. The Morgan fingerprint density at radius 2 is 1.74 bits per heavy atom. The largest absolute Gasteiger partial charge is 0.505 e. The Morgan fingerprint density at radius 3 is 2.44 bits per heavy atom. The number of carboxylic acid groups (broad SMARTS) is 1. The van der Waals surface area contributed by atoms with Crippen molar-refractivity contribution < 1.29 is 19.8 Å². The molecule has 1 aromatic heterocycles. The predicted octanol–water partition coefficient (Wildman–Crippen LogP) is 5.08. The number of carboxylic acids is 1. The maximum atomic E-state index is 13.1. The molecule has 6 nitrogen and oxygen atoms in total. The van der Waals surface area contributed by atoms with Crippen molar-refractivity contribution in [3.05, 3.63) is 105 Å². The van der Waals surface area contributed by atoms with Crippen LogP contribution in [0.15, 0.2) is 66.7 Å². The minimum atomic E-state index is -1.23. The van der Waals surface area contributed by atoms with Gasteiger partial charge in [-0.1, -0.05) is 54.1 Å². The Hall–Kier alpha value is -3.90. The molecule has 4 aromatic rings. The van der Waals surface area contributed by atoms with Gasteiger partial charge in [-0.25, -0.2) is 9.78 Å². The highest BCUT2D eigenvalue weighted by Gasteiger charge is 2.27. The van der Waals surface area contributed by atoms with E-state index in [9.17, 15) is 19.8 Å². The second kappa shape index (κ2) is 8.80. The van der Waals surface area contributed by atoms with Gasteiger partial charge in [-0.2, -0.15) is 0 Å². The summed E-state index contributed by atoms with van der Waals surface area (Å²) in [5.74, 6) is -1.65. The number of pyridine rings is 1. The van der Waals surface area contributed by atoms with Crippen molar-refractivity contribution in [1.82, 2.24) is 9.88 Å². The van der Waals surface area contributed by atoms with Gasteiger partial charge in [-0.3, -0.25) is 4.79 Å². The Morgan fingerprint density at radius 1 is 1.00 bits per heavy atom. The molecular formula is C27H21ClN2O4. The standard InChI is InChI=1S/C27H21ClN2O4/c28-19-9-6-16(7-10-19)14-22-25(31)23(27(33)34)20-11-8-17-12-13-30(15-21(17)24(20)29-22)26(32)18-4-2-1-3-5-18/h1-11,31H,12-15H2,(H,33,34). The minimum absolute atomic E-state index is 0.0816. The van der Waals surface area contributed by atoms with E-state index < -0.39 is 5.97 Å². The highest BCUT2D eigenvalue weighted by atomic mass is 35.5. The Balaban J connectivity index is 1.61. The van der Waals surface area contributed by atoms with E-state index in [1.165, 1.54) is 0 Å². The van der Waals surface area contributed by atoms with E-state index in [-0.39, 0.29) is 29.3 Å². The van der Waals surface area contributed by atoms with Gasteiger partial charge in [0.15, 0.2) is 5.75 Å². The molecule has 3 aromatic carbocycles. The van der Waals surface area contributed by atoms with Crippen LogP contribution in [0.1, 0.15) is 43.1 Å². The third-order valence-electron chi connectivity index (χ3n) is 6.21. The first-order valence-corrected chi connectivity index (χ1v) is 11.3. The Bertz CT molecular complexity index is 1420. The fourth-order valence-electron chi connectivity index (χ4n) is 4.48. The molecule has 0 fully saturated rings. The molecule has 0 spiro atoms. The number of hydrogen-bond acceptors (Lipinski definition) is 4. The van der Waals surface area contributed by atoms with Crippen molar-refractivity contribution in [1.29, 1.82) is 0 Å². The summed E-state index contributed by atoms with van der Waals surface area (Å²) in [7, 11) is 0. The number of aromatic hydroxyl groups is 1. The van der Waals surface area contributed by atoms with Gasteiger partial charge in [0.25, 0.3) is 5.91 Å². The lowest BCUT2D eigenvalue weighted by Gasteiger charge is -2.30. The zero-order chi connectivity index (χ0) is 23.8. The summed E-state index contributed by atoms with van der Waals surface area (Å²) in [4.78, 5) is 31.7. The van der Waals surface area contributed by atoms with Crippen molar-refractivity contribution in [3.8, 4) is 5.75 Å². The number of fused-ring (bicyclic) bond motifs is 3. The zero-order valence-corrected chi connectivity index (χ0v) is 18.9. The molecule has 0 radical (unpaired) electrons. The van der Waals surface area contributed by atoms with E-state index >= 15 is 0 Å². The highest BCUT2D eigenvalue weighted by Crippen LogP contribution is 2.35. The lowest BCUT2D eigenvalue weighted by atomic mass is 9.93. The topological polar surface area (TPSA) is 90.7 Å². The lowest BCUT2D eigenvalue weighted by Crippen LogP contribution is -2.36. The van der Waals surface area contributed by atoms with E-state index in [2.05, 4.69) is 0 Å². The Kier molecular flexibility index (Phi) is 5.67. The number of rotatable bonds is 4. The van der Waals surface area contributed by atoms with Gasteiger partial charge in [0.1, 0.15) is 5.56 Å². The van der Waals surface area contributed by atoms with Crippen LogP contribution in [0, 0.1) is 0 Å². The van der Waals surface area contributed by atoms with E-state index in [1.54, 1.807) is 35.2 Å². The zero-order valence-electron chi connectivity index (χ0n) is 18.2. The van der Waals surface area contributed by atoms with Gasteiger partial charge >= 0.3 is 5.97 Å². The lowest BCUT2D eigenvalue weighted by molar-refractivity contribution is 0.0693. The van der Waals surface area contributed by atoms with Crippen LogP contribution in [-0.2, 0) is 19.4 Å². The molecule has 2 heterocycles. The summed E-state index contributed by atoms with van der Waals surface area (Å²) in [5, 5.41) is 21.7. The van der Waals surface area contributed by atoms with Crippen LogP contribution in [0.25, 0.3) is 10.9 Å². The number of halogens is 1. The van der Waals surface area contributed by atoms with Crippen molar-refractivity contribution in [2.24, 2.45) is 0 Å². The fraction of sp³-hybridized carbons (Fsp3) is 0.148. The maximum Gasteiger partial charge on any atom is 0.340 e. The molecule has 1 aliphatic heterocycles. The number of amides is 1. The summed E-state index contributed by atoms with van der Waals surface area (Å²) in [5.41, 5.74) is 3.88. The molecule has 170 valence electrons. The molecule has 0 saturated carbocycles. The van der Waals surface area contributed by atoms with Gasteiger partial charge in [0, 0.05) is 41.0 Å². The minimum Gasteiger partial charge on any atom is -0.505 e. The van der Waals surface area contributed by atoms with Crippen LogP contribution in [0.4, 0.5) is 0 Å². The molecule has 1 aliphatic rings. The van der Waals surface area contributed by atoms with Gasteiger partial charge in [-0.05, 0) is 41.8 Å². The Labute approximate surface area is 201 Å². The predicted molar refractivity (Wildman–Crippen MR) is 130 cm³/mol. The van der Waals surface area contributed by atoms with Gasteiger partial charge in [0.2, 0.25) is 0 Å². The average Bonchev–Trinajstić information content (AvgIpc) is 2.85. The van der Waals surface area contributed by atoms with Crippen LogP contribution in [0.2, 0.25) is 5.02 Å². The highest BCUT2D eigenvalue weighted by molar-refractivity contribution is 6.30. The summed E-state index contributed by atoms with van der Waals surface area (Å²) in [6.45, 7) is 0.880. The van der Waals surface area contributed by atoms with Crippen molar-refractivity contribution in [2.75, 3.05) is 6.54 Å². The van der Waals surface area contributed by atoms with Crippen LogP contribution in [-0.4, -0.2) is 38.5 Å². The average molecular weight is 473 g/mol. The van der Waals surface area contributed by atoms with Gasteiger partial charge in [-0.15, -0.1) is 0 Å². The van der Waals surface area contributed by atoms with E-state index in [1.807, 2.05) is 36.4 Å².